The number of hydrogen-bond acceptors (Lipinski definition) is 6. The van der Waals surface area contributed by atoms with Gasteiger partial charge in [-0.05, 0) is 17.5 Å². The summed E-state index contributed by atoms with van der Waals surface area (Å²) >= 11 is 0. The summed E-state index contributed by atoms with van der Waals surface area (Å²) < 4.78 is 5.38. The van der Waals surface area contributed by atoms with Gasteiger partial charge in [-0.1, -0.05) is 24.3 Å². The lowest BCUT2D eigenvalue weighted by molar-refractivity contribution is -0.133. The van der Waals surface area contributed by atoms with Crippen molar-refractivity contribution in [2.75, 3.05) is 44.3 Å². The van der Waals surface area contributed by atoms with Gasteiger partial charge in [-0.25, -0.2) is 4.98 Å². The van der Waals surface area contributed by atoms with Crippen LogP contribution in [0.4, 0.5) is 5.95 Å². The first kappa shape index (κ1) is 18.3. The number of amides is 1. The summed E-state index contributed by atoms with van der Waals surface area (Å²) in [6.45, 7) is 5.65. The predicted octanol–water partition coefficient (Wildman–Crippen LogP) is 0.507. The van der Waals surface area contributed by atoms with Gasteiger partial charge in [0.25, 0.3) is 5.56 Å². The number of morpholine rings is 1. The van der Waals surface area contributed by atoms with Crippen LogP contribution in [0.15, 0.2) is 29.1 Å². The Labute approximate surface area is 169 Å². The minimum atomic E-state index is -0.0846. The molecule has 8 heteroatoms. The summed E-state index contributed by atoms with van der Waals surface area (Å²) in [7, 11) is 0. The van der Waals surface area contributed by atoms with E-state index in [-0.39, 0.29) is 11.5 Å². The van der Waals surface area contributed by atoms with Crippen molar-refractivity contribution in [3.8, 4) is 0 Å². The van der Waals surface area contributed by atoms with Crippen molar-refractivity contribution in [2.24, 2.45) is 0 Å². The molecule has 3 aliphatic heterocycles. The molecule has 0 saturated carbocycles. The summed E-state index contributed by atoms with van der Waals surface area (Å²) in [5.41, 5.74) is 3.94. The molecule has 4 heterocycles. The Balaban J connectivity index is 1.28. The van der Waals surface area contributed by atoms with E-state index in [0.717, 1.165) is 18.8 Å². The highest BCUT2D eigenvalue weighted by molar-refractivity contribution is 5.78. The van der Waals surface area contributed by atoms with Crippen LogP contribution in [0, 0.1) is 0 Å². The minimum Gasteiger partial charge on any atom is -0.378 e. The predicted molar refractivity (Wildman–Crippen MR) is 108 cm³/mol. The van der Waals surface area contributed by atoms with Crippen molar-refractivity contribution in [1.29, 1.82) is 0 Å². The molecule has 0 bridgehead atoms. The minimum absolute atomic E-state index is 0.0846. The molecule has 1 amide bonds. The van der Waals surface area contributed by atoms with E-state index in [4.69, 9.17) is 9.72 Å². The largest absolute Gasteiger partial charge is 0.378 e. The molecule has 0 atom stereocenters. The molecule has 0 radical (unpaired) electrons. The van der Waals surface area contributed by atoms with E-state index in [2.05, 4.69) is 22.0 Å². The maximum Gasteiger partial charge on any atom is 0.255 e. The second kappa shape index (κ2) is 7.61. The maximum atomic E-state index is 12.9. The second-order valence-electron chi connectivity index (χ2n) is 7.89. The molecule has 0 spiro atoms. The average molecular weight is 395 g/mol. The van der Waals surface area contributed by atoms with Crippen LogP contribution in [0.5, 0.6) is 0 Å². The normalized spacial score (nSPS) is 19.2. The lowest BCUT2D eigenvalue weighted by Crippen LogP contribution is -2.44. The number of ether oxygens (including phenoxy) is 1. The lowest BCUT2D eigenvalue weighted by Gasteiger charge is -2.31. The monoisotopic (exact) mass is 395 g/mol. The summed E-state index contributed by atoms with van der Waals surface area (Å²) in [5, 5.41) is 0. The SMILES string of the molecule is O=C(CN1Cc2ccccc2C1)N1CCc2c(nc(N3CCOCC3)[nH]c2=O)C1. The van der Waals surface area contributed by atoms with E-state index in [1.54, 1.807) is 0 Å². The number of benzene rings is 1. The van der Waals surface area contributed by atoms with Crippen LogP contribution >= 0.6 is 0 Å². The molecule has 2 aromatic rings. The fourth-order valence-electron chi connectivity index (χ4n) is 4.37. The Hall–Kier alpha value is -2.71. The topological polar surface area (TPSA) is 81.8 Å². The van der Waals surface area contributed by atoms with Gasteiger partial charge in [0.05, 0.1) is 32.0 Å². The van der Waals surface area contributed by atoms with E-state index < -0.39 is 0 Å². The first-order valence-corrected chi connectivity index (χ1v) is 10.2. The number of aromatic nitrogens is 2. The highest BCUT2D eigenvalue weighted by atomic mass is 16.5. The Kier molecular flexibility index (Phi) is 4.81. The number of nitrogens with one attached hydrogen (secondary N) is 1. The summed E-state index contributed by atoms with van der Waals surface area (Å²) in [6, 6.07) is 8.34. The van der Waals surface area contributed by atoms with Crippen molar-refractivity contribution in [2.45, 2.75) is 26.1 Å². The van der Waals surface area contributed by atoms with E-state index >= 15 is 0 Å². The van der Waals surface area contributed by atoms with Gasteiger partial charge in [0.2, 0.25) is 11.9 Å². The Morgan fingerprint density at radius 1 is 1.07 bits per heavy atom. The first-order valence-electron chi connectivity index (χ1n) is 10.2. The average Bonchev–Trinajstić information content (AvgIpc) is 3.16. The highest BCUT2D eigenvalue weighted by Gasteiger charge is 2.28. The molecule has 1 aromatic heterocycles. The summed E-state index contributed by atoms with van der Waals surface area (Å²) in [4.78, 5) is 39.1. The van der Waals surface area contributed by atoms with Gasteiger partial charge in [0.15, 0.2) is 0 Å². The molecule has 8 nitrogen and oxygen atoms in total. The van der Waals surface area contributed by atoms with Gasteiger partial charge in [0.1, 0.15) is 0 Å². The number of carbonyl (C=O) groups excluding carboxylic acids is 1. The van der Waals surface area contributed by atoms with Crippen molar-refractivity contribution >= 4 is 11.9 Å². The molecule has 0 aliphatic carbocycles. The van der Waals surface area contributed by atoms with Crippen molar-refractivity contribution < 1.29 is 9.53 Å². The third-order valence-electron chi connectivity index (χ3n) is 5.99. The van der Waals surface area contributed by atoms with E-state index in [1.807, 2.05) is 21.9 Å². The van der Waals surface area contributed by atoms with E-state index in [1.165, 1.54) is 11.1 Å². The molecule has 0 unspecified atom stereocenters. The van der Waals surface area contributed by atoms with E-state index in [0.29, 0.717) is 63.9 Å². The Morgan fingerprint density at radius 2 is 1.79 bits per heavy atom. The number of fused-ring (bicyclic) bond motifs is 2. The highest BCUT2D eigenvalue weighted by Crippen LogP contribution is 2.23. The van der Waals surface area contributed by atoms with Crippen LogP contribution in [0.3, 0.4) is 0 Å². The van der Waals surface area contributed by atoms with Crippen LogP contribution < -0.4 is 10.5 Å². The number of carbonyl (C=O) groups is 1. The van der Waals surface area contributed by atoms with Crippen LogP contribution in [0.25, 0.3) is 0 Å². The first-order chi connectivity index (χ1) is 14.2. The smallest absolute Gasteiger partial charge is 0.255 e. The molecule has 29 heavy (non-hydrogen) atoms. The van der Waals surface area contributed by atoms with E-state index in [9.17, 15) is 9.59 Å². The van der Waals surface area contributed by atoms with Gasteiger partial charge in [-0.2, -0.15) is 0 Å². The molecule has 1 saturated heterocycles. The third-order valence-corrected chi connectivity index (χ3v) is 5.99. The molecule has 1 N–H and O–H groups in total. The number of hydrogen-bond donors (Lipinski definition) is 1. The van der Waals surface area contributed by atoms with Crippen molar-refractivity contribution in [1.82, 2.24) is 19.8 Å². The van der Waals surface area contributed by atoms with Crippen LogP contribution in [-0.2, 0) is 35.6 Å². The number of aromatic amines is 1. The molecule has 1 fully saturated rings. The molecule has 3 aliphatic rings. The van der Waals surface area contributed by atoms with Gasteiger partial charge in [0, 0.05) is 38.3 Å². The summed E-state index contributed by atoms with van der Waals surface area (Å²) in [6.07, 6.45) is 0.549. The standard InChI is InChI=1S/C21H25N5O3/c27-19(14-24-11-15-3-1-2-4-16(15)12-24)26-6-5-17-18(13-26)22-21(23-20(17)28)25-7-9-29-10-8-25/h1-4H,5-14H2,(H,22,23,28). The van der Waals surface area contributed by atoms with Gasteiger partial charge in [-0.15, -0.1) is 0 Å². The zero-order valence-corrected chi connectivity index (χ0v) is 16.4. The van der Waals surface area contributed by atoms with Gasteiger partial charge >= 0.3 is 0 Å². The fourth-order valence-corrected chi connectivity index (χ4v) is 4.37. The quantitative estimate of drug-likeness (QED) is 0.816. The molecule has 5 rings (SSSR count). The van der Waals surface area contributed by atoms with Crippen LogP contribution in [0.1, 0.15) is 22.4 Å². The van der Waals surface area contributed by atoms with Crippen molar-refractivity contribution in [3.63, 3.8) is 0 Å². The Bertz CT molecular complexity index is 958. The number of anilines is 1. The maximum absolute atomic E-state index is 12.9. The van der Waals surface area contributed by atoms with Crippen molar-refractivity contribution in [3.05, 3.63) is 57.0 Å². The Morgan fingerprint density at radius 3 is 2.52 bits per heavy atom. The fraction of sp³-hybridized carbons (Fsp3) is 0.476. The van der Waals surface area contributed by atoms with Crippen LogP contribution in [-0.4, -0.2) is 65.1 Å². The van der Waals surface area contributed by atoms with Crippen LogP contribution in [0.2, 0.25) is 0 Å². The second-order valence-corrected chi connectivity index (χ2v) is 7.89. The number of rotatable bonds is 3. The zero-order valence-electron chi connectivity index (χ0n) is 16.4. The third kappa shape index (κ3) is 3.65. The molecular formula is C21H25N5O3. The van der Waals surface area contributed by atoms with Gasteiger partial charge < -0.3 is 14.5 Å². The number of nitrogens with zero attached hydrogens (tertiary/aromatic N) is 4. The summed E-state index contributed by atoms with van der Waals surface area (Å²) in [5.74, 6) is 0.680. The van der Waals surface area contributed by atoms with Gasteiger partial charge in [-0.3, -0.25) is 19.5 Å². The molecular weight excluding hydrogens is 370 g/mol. The molecule has 1 aromatic carbocycles. The zero-order chi connectivity index (χ0) is 19.8. The lowest BCUT2D eigenvalue weighted by atomic mass is 10.1. The number of H-pyrrole nitrogens is 1. The molecule has 152 valence electrons.